The monoisotopic (exact) mass is 312 g/mol. The molecule has 1 amide bonds. The first-order valence-corrected chi connectivity index (χ1v) is 7.69. The van der Waals surface area contributed by atoms with Gasteiger partial charge in [0.05, 0.1) is 11.9 Å². The van der Waals surface area contributed by atoms with Gasteiger partial charge in [0, 0.05) is 36.1 Å². The van der Waals surface area contributed by atoms with Crippen molar-refractivity contribution >= 4 is 11.6 Å². The predicted octanol–water partition coefficient (Wildman–Crippen LogP) is 2.06. The van der Waals surface area contributed by atoms with Crippen molar-refractivity contribution in [1.82, 2.24) is 29.7 Å². The highest BCUT2D eigenvalue weighted by Gasteiger charge is 2.16. The summed E-state index contributed by atoms with van der Waals surface area (Å²) in [5.41, 5.74) is 3.91. The molecule has 0 fully saturated rings. The second-order valence-corrected chi connectivity index (χ2v) is 5.72. The van der Waals surface area contributed by atoms with E-state index < -0.39 is 0 Å². The molecule has 3 heterocycles. The molecule has 0 aliphatic carbocycles. The van der Waals surface area contributed by atoms with Crippen LogP contribution in [-0.2, 0) is 6.54 Å². The average Bonchev–Trinajstić information content (AvgIpc) is 3.09. The lowest BCUT2D eigenvalue weighted by Gasteiger charge is -2.06. The molecule has 0 unspecified atom stereocenters. The summed E-state index contributed by atoms with van der Waals surface area (Å²) in [6.07, 6.45) is 3.54. The highest BCUT2D eigenvalue weighted by molar-refractivity contribution is 5.93. The van der Waals surface area contributed by atoms with Gasteiger partial charge in [-0.1, -0.05) is 0 Å². The van der Waals surface area contributed by atoms with Gasteiger partial charge >= 0.3 is 0 Å². The van der Waals surface area contributed by atoms with Crippen LogP contribution in [0.1, 0.15) is 37.0 Å². The molecule has 3 rings (SSSR count). The molecule has 0 aliphatic rings. The highest BCUT2D eigenvalue weighted by Crippen LogP contribution is 2.23. The van der Waals surface area contributed by atoms with Crippen molar-refractivity contribution in [2.45, 2.75) is 40.3 Å². The minimum Gasteiger partial charge on any atom is -0.348 e. The summed E-state index contributed by atoms with van der Waals surface area (Å²) in [4.78, 5) is 16.5. The topological polar surface area (TPSA) is 77.1 Å². The van der Waals surface area contributed by atoms with Crippen LogP contribution in [0.2, 0.25) is 0 Å². The van der Waals surface area contributed by atoms with E-state index in [1.807, 2.05) is 44.6 Å². The van der Waals surface area contributed by atoms with E-state index in [1.165, 1.54) is 0 Å². The van der Waals surface area contributed by atoms with E-state index in [9.17, 15) is 4.79 Å². The lowest BCUT2D eigenvalue weighted by Crippen LogP contribution is -2.30. The van der Waals surface area contributed by atoms with Gasteiger partial charge in [-0.2, -0.15) is 10.2 Å². The van der Waals surface area contributed by atoms with Gasteiger partial charge < -0.3 is 5.32 Å². The quantitative estimate of drug-likeness (QED) is 0.800. The number of rotatable bonds is 4. The Morgan fingerprint density at radius 3 is 2.83 bits per heavy atom. The molecule has 0 bridgehead atoms. The van der Waals surface area contributed by atoms with Crippen molar-refractivity contribution in [3.63, 3.8) is 0 Å². The molecule has 7 nitrogen and oxygen atoms in total. The summed E-state index contributed by atoms with van der Waals surface area (Å²) in [6, 6.07) is 3.64. The Kier molecular flexibility index (Phi) is 3.85. The van der Waals surface area contributed by atoms with Crippen molar-refractivity contribution in [1.29, 1.82) is 0 Å². The molecule has 23 heavy (non-hydrogen) atoms. The third-order valence-electron chi connectivity index (χ3n) is 3.69. The molecule has 0 saturated heterocycles. The fourth-order valence-electron chi connectivity index (χ4n) is 2.56. The van der Waals surface area contributed by atoms with Crippen LogP contribution in [0.3, 0.4) is 0 Å². The van der Waals surface area contributed by atoms with Crippen LogP contribution in [0.25, 0.3) is 16.9 Å². The van der Waals surface area contributed by atoms with Gasteiger partial charge in [0.25, 0.3) is 5.91 Å². The maximum Gasteiger partial charge on any atom is 0.272 e. The third-order valence-corrected chi connectivity index (χ3v) is 3.69. The number of nitrogens with one attached hydrogen (secondary N) is 1. The normalized spacial score (nSPS) is 11.3. The van der Waals surface area contributed by atoms with Crippen LogP contribution in [0.5, 0.6) is 0 Å². The van der Waals surface area contributed by atoms with Gasteiger partial charge in [0.1, 0.15) is 0 Å². The van der Waals surface area contributed by atoms with Gasteiger partial charge in [-0.25, -0.2) is 9.50 Å². The van der Waals surface area contributed by atoms with Gasteiger partial charge in [0.15, 0.2) is 11.3 Å². The molecule has 0 aliphatic heterocycles. The molecule has 3 aromatic rings. The average molecular weight is 312 g/mol. The molecule has 0 aromatic carbocycles. The third kappa shape index (κ3) is 2.69. The van der Waals surface area contributed by atoms with Crippen LogP contribution in [0.15, 0.2) is 24.5 Å². The maximum absolute atomic E-state index is 12.2. The minimum atomic E-state index is -0.197. The molecular formula is C16H20N6O. The maximum atomic E-state index is 12.2. The van der Waals surface area contributed by atoms with Crippen molar-refractivity contribution in [3.8, 4) is 11.3 Å². The Morgan fingerprint density at radius 1 is 1.39 bits per heavy atom. The molecule has 0 spiro atoms. The zero-order valence-electron chi connectivity index (χ0n) is 13.7. The van der Waals surface area contributed by atoms with Crippen LogP contribution in [-0.4, -0.2) is 36.3 Å². The number of amides is 1. The first kappa shape index (κ1) is 15.2. The first-order chi connectivity index (χ1) is 11.0. The number of hydrogen-bond donors (Lipinski definition) is 1. The lowest BCUT2D eigenvalue weighted by molar-refractivity contribution is 0.0938. The van der Waals surface area contributed by atoms with Crippen LogP contribution >= 0.6 is 0 Å². The zero-order chi connectivity index (χ0) is 16.6. The number of nitrogens with zero attached hydrogens (tertiary/aromatic N) is 5. The molecule has 0 radical (unpaired) electrons. The number of carbonyl (C=O) groups excluding carboxylic acids is 1. The molecular weight excluding hydrogens is 292 g/mol. The summed E-state index contributed by atoms with van der Waals surface area (Å²) in [5.74, 6) is -0.197. The Hall–Kier alpha value is -2.70. The fraction of sp³-hybridized carbons (Fsp3) is 0.375. The van der Waals surface area contributed by atoms with E-state index in [1.54, 1.807) is 16.8 Å². The van der Waals surface area contributed by atoms with Crippen LogP contribution < -0.4 is 5.32 Å². The van der Waals surface area contributed by atoms with E-state index in [4.69, 9.17) is 0 Å². The molecule has 7 heteroatoms. The van der Waals surface area contributed by atoms with Gasteiger partial charge in [-0.05, 0) is 33.8 Å². The summed E-state index contributed by atoms with van der Waals surface area (Å²) in [7, 11) is 0. The summed E-state index contributed by atoms with van der Waals surface area (Å²) in [6.45, 7) is 8.71. The number of aromatic nitrogens is 5. The smallest absolute Gasteiger partial charge is 0.272 e. The molecule has 1 N–H and O–H groups in total. The standard InChI is InChI=1S/C16H20N6O/c1-5-21-11(4)12(9-18-21)14-6-7-17-15-8-13(20-22(14)15)16(23)19-10(2)3/h6-10H,5H2,1-4H3,(H,19,23). The van der Waals surface area contributed by atoms with Crippen molar-refractivity contribution in [3.05, 3.63) is 35.9 Å². The van der Waals surface area contributed by atoms with E-state index >= 15 is 0 Å². The van der Waals surface area contributed by atoms with Gasteiger partial charge in [-0.3, -0.25) is 9.48 Å². The van der Waals surface area contributed by atoms with E-state index in [-0.39, 0.29) is 11.9 Å². The number of hydrogen-bond acceptors (Lipinski definition) is 4. The van der Waals surface area contributed by atoms with E-state index in [0.29, 0.717) is 11.3 Å². The van der Waals surface area contributed by atoms with E-state index in [0.717, 1.165) is 23.5 Å². The van der Waals surface area contributed by atoms with Gasteiger partial charge in [-0.15, -0.1) is 0 Å². The highest BCUT2D eigenvalue weighted by atomic mass is 16.2. The predicted molar refractivity (Wildman–Crippen MR) is 87.2 cm³/mol. The molecule has 0 atom stereocenters. The minimum absolute atomic E-state index is 0.0600. The zero-order valence-corrected chi connectivity index (χ0v) is 13.7. The second kappa shape index (κ2) is 5.83. The second-order valence-electron chi connectivity index (χ2n) is 5.72. The van der Waals surface area contributed by atoms with Crippen molar-refractivity contribution in [2.24, 2.45) is 0 Å². The number of fused-ring (bicyclic) bond motifs is 1. The summed E-state index contributed by atoms with van der Waals surface area (Å²) < 4.78 is 3.62. The summed E-state index contributed by atoms with van der Waals surface area (Å²) >= 11 is 0. The molecule has 120 valence electrons. The van der Waals surface area contributed by atoms with E-state index in [2.05, 4.69) is 20.5 Å². The lowest BCUT2D eigenvalue weighted by atomic mass is 10.2. The van der Waals surface area contributed by atoms with Crippen LogP contribution in [0, 0.1) is 6.92 Å². The van der Waals surface area contributed by atoms with Crippen LogP contribution in [0.4, 0.5) is 0 Å². The molecule has 3 aromatic heterocycles. The Labute approximate surface area is 134 Å². The van der Waals surface area contributed by atoms with Gasteiger partial charge in [0.2, 0.25) is 0 Å². The van der Waals surface area contributed by atoms with Crippen molar-refractivity contribution in [2.75, 3.05) is 0 Å². The first-order valence-electron chi connectivity index (χ1n) is 7.69. The Balaban J connectivity index is 2.10. The molecule has 0 saturated carbocycles. The fourth-order valence-corrected chi connectivity index (χ4v) is 2.56. The summed E-state index contributed by atoms with van der Waals surface area (Å²) in [5, 5.41) is 11.6. The number of aryl methyl sites for hydroxylation is 1. The SMILES string of the molecule is CCn1ncc(-c2ccnc3cc(C(=O)NC(C)C)nn23)c1C. The largest absolute Gasteiger partial charge is 0.348 e. The Morgan fingerprint density at radius 2 is 2.17 bits per heavy atom. The number of carbonyl (C=O) groups is 1. The Bertz CT molecular complexity index is 861. The van der Waals surface area contributed by atoms with Crippen molar-refractivity contribution < 1.29 is 4.79 Å².